The number of benzene rings is 2. The van der Waals surface area contributed by atoms with E-state index in [0.717, 1.165) is 14.6 Å². The number of Topliss-reactive ketones (excluding diaryl/α,β-unsaturated/α-hetero) is 1. The van der Waals surface area contributed by atoms with Crippen LogP contribution in [0.1, 0.15) is 32.9 Å². The van der Waals surface area contributed by atoms with Crippen LogP contribution in [0.2, 0.25) is 5.02 Å². The van der Waals surface area contributed by atoms with Gasteiger partial charge in [-0.25, -0.2) is 0 Å². The summed E-state index contributed by atoms with van der Waals surface area (Å²) >= 11 is 10.8. The summed E-state index contributed by atoms with van der Waals surface area (Å²) in [7, 11) is 0. The number of ketones is 1. The lowest BCUT2D eigenvalue weighted by atomic mass is 10.1. The van der Waals surface area contributed by atoms with E-state index in [9.17, 15) is 14.4 Å². The van der Waals surface area contributed by atoms with Crippen molar-refractivity contribution in [2.45, 2.75) is 12.8 Å². The van der Waals surface area contributed by atoms with E-state index in [-0.39, 0.29) is 25.4 Å². The zero-order chi connectivity index (χ0) is 20.8. The maximum atomic E-state index is 12.3. The maximum absolute atomic E-state index is 12.3. The molecule has 1 amide bonds. The lowest BCUT2D eigenvalue weighted by Gasteiger charge is -2.06. The lowest BCUT2D eigenvalue weighted by Crippen LogP contribution is -2.30. The Kier molecular flexibility index (Phi) is 7.41. The Morgan fingerprint density at radius 1 is 1.07 bits per heavy atom. The zero-order valence-electron chi connectivity index (χ0n) is 15.2. The standard InChI is InChI=1S/C21H17BrClNO4S/c22-14-9-7-13(8-10-14)16(25)5-3-11-28-18(26)12-24-21(27)20-19(23)15-4-1-2-6-17(15)29-20/h1-2,4,6-10H,3,5,11-12H2,(H,24,27). The molecule has 29 heavy (non-hydrogen) atoms. The Hall–Kier alpha value is -2.22. The third-order valence-corrected chi connectivity index (χ3v) is 6.31. The van der Waals surface area contributed by atoms with Gasteiger partial charge in [-0.05, 0) is 24.6 Å². The zero-order valence-corrected chi connectivity index (χ0v) is 18.4. The van der Waals surface area contributed by atoms with Crippen molar-refractivity contribution in [2.24, 2.45) is 0 Å². The third kappa shape index (κ3) is 5.65. The minimum atomic E-state index is -0.563. The van der Waals surface area contributed by atoms with Gasteiger partial charge < -0.3 is 10.1 Å². The predicted molar refractivity (Wildman–Crippen MR) is 118 cm³/mol. The van der Waals surface area contributed by atoms with E-state index in [1.54, 1.807) is 24.3 Å². The second kappa shape index (κ2) is 10.0. The van der Waals surface area contributed by atoms with E-state index in [1.807, 2.05) is 24.3 Å². The highest BCUT2D eigenvalue weighted by atomic mass is 79.9. The molecule has 2 aromatic carbocycles. The highest BCUT2D eigenvalue weighted by Crippen LogP contribution is 2.34. The fourth-order valence-electron chi connectivity index (χ4n) is 2.64. The number of halogens is 2. The van der Waals surface area contributed by atoms with E-state index in [1.165, 1.54) is 11.3 Å². The second-order valence-corrected chi connectivity index (χ2v) is 8.52. The van der Waals surface area contributed by atoms with Crippen LogP contribution in [0.5, 0.6) is 0 Å². The molecule has 8 heteroatoms. The van der Waals surface area contributed by atoms with E-state index < -0.39 is 11.9 Å². The molecule has 5 nitrogen and oxygen atoms in total. The molecule has 0 atom stereocenters. The fraction of sp³-hybridized carbons (Fsp3) is 0.190. The van der Waals surface area contributed by atoms with Crippen molar-refractivity contribution in [2.75, 3.05) is 13.2 Å². The molecular weight excluding hydrogens is 478 g/mol. The summed E-state index contributed by atoms with van der Waals surface area (Å²) < 4.78 is 6.89. The summed E-state index contributed by atoms with van der Waals surface area (Å²) in [5.41, 5.74) is 0.618. The molecule has 0 fully saturated rings. The van der Waals surface area contributed by atoms with E-state index in [4.69, 9.17) is 16.3 Å². The summed E-state index contributed by atoms with van der Waals surface area (Å²) in [6.07, 6.45) is 0.690. The molecule has 1 N–H and O–H groups in total. The molecule has 0 unspecified atom stereocenters. The third-order valence-electron chi connectivity index (χ3n) is 4.11. The molecule has 0 aliphatic rings. The minimum absolute atomic E-state index is 0.0127. The number of hydrogen-bond donors (Lipinski definition) is 1. The van der Waals surface area contributed by atoms with Crippen molar-refractivity contribution in [1.82, 2.24) is 5.32 Å². The van der Waals surface area contributed by atoms with Crippen LogP contribution in [0.4, 0.5) is 0 Å². The highest BCUT2D eigenvalue weighted by Gasteiger charge is 2.17. The van der Waals surface area contributed by atoms with Gasteiger partial charge in [0.05, 0.1) is 11.6 Å². The van der Waals surface area contributed by atoms with Crippen LogP contribution in [0.3, 0.4) is 0 Å². The van der Waals surface area contributed by atoms with E-state index in [0.29, 0.717) is 21.9 Å². The number of thiophene rings is 1. The van der Waals surface area contributed by atoms with Crippen LogP contribution in [0.15, 0.2) is 53.0 Å². The van der Waals surface area contributed by atoms with Gasteiger partial charge in [-0.1, -0.05) is 57.9 Å². The van der Waals surface area contributed by atoms with Gasteiger partial charge in [-0.15, -0.1) is 11.3 Å². The van der Waals surface area contributed by atoms with Crippen LogP contribution in [0, 0.1) is 0 Å². The Morgan fingerprint density at radius 2 is 1.79 bits per heavy atom. The molecule has 0 radical (unpaired) electrons. The van der Waals surface area contributed by atoms with Gasteiger partial charge in [-0.2, -0.15) is 0 Å². The van der Waals surface area contributed by atoms with Crippen LogP contribution in [-0.2, 0) is 9.53 Å². The summed E-state index contributed by atoms with van der Waals surface area (Å²) in [5, 5.41) is 3.71. The van der Waals surface area contributed by atoms with Crippen molar-refractivity contribution in [1.29, 1.82) is 0 Å². The number of amides is 1. The molecule has 0 aliphatic carbocycles. The van der Waals surface area contributed by atoms with Crippen molar-refractivity contribution in [3.05, 3.63) is 68.5 Å². The highest BCUT2D eigenvalue weighted by molar-refractivity contribution is 9.10. The molecular formula is C21H17BrClNO4S. The number of hydrogen-bond acceptors (Lipinski definition) is 5. The SMILES string of the molecule is O=C(CNC(=O)c1sc2ccccc2c1Cl)OCCCC(=O)c1ccc(Br)cc1. The Balaban J connectivity index is 1.40. The van der Waals surface area contributed by atoms with Crippen molar-refractivity contribution in [3.63, 3.8) is 0 Å². The van der Waals surface area contributed by atoms with Gasteiger partial charge in [0.1, 0.15) is 11.4 Å². The Morgan fingerprint density at radius 3 is 2.52 bits per heavy atom. The second-order valence-electron chi connectivity index (χ2n) is 6.18. The molecule has 3 aromatic rings. The normalized spacial score (nSPS) is 10.7. The van der Waals surface area contributed by atoms with Gasteiger partial charge in [-0.3, -0.25) is 14.4 Å². The summed E-state index contributed by atoms with van der Waals surface area (Å²) in [4.78, 5) is 36.5. The molecule has 0 aliphatic heterocycles. The van der Waals surface area contributed by atoms with Gasteiger partial charge in [0.2, 0.25) is 0 Å². The van der Waals surface area contributed by atoms with Crippen molar-refractivity contribution < 1.29 is 19.1 Å². The topological polar surface area (TPSA) is 72.5 Å². The van der Waals surface area contributed by atoms with Crippen LogP contribution < -0.4 is 5.32 Å². The van der Waals surface area contributed by atoms with Gasteiger partial charge in [0, 0.05) is 26.5 Å². The number of carbonyl (C=O) groups excluding carboxylic acids is 3. The van der Waals surface area contributed by atoms with Crippen LogP contribution >= 0.6 is 38.9 Å². The monoisotopic (exact) mass is 493 g/mol. The Labute approximate surface area is 185 Å². The maximum Gasteiger partial charge on any atom is 0.325 e. The first-order chi connectivity index (χ1) is 14.0. The van der Waals surface area contributed by atoms with Crippen LogP contribution in [-0.4, -0.2) is 30.8 Å². The Bertz CT molecular complexity index is 1050. The van der Waals surface area contributed by atoms with Gasteiger partial charge in [0.25, 0.3) is 5.91 Å². The van der Waals surface area contributed by atoms with E-state index >= 15 is 0 Å². The van der Waals surface area contributed by atoms with Gasteiger partial charge in [0.15, 0.2) is 5.78 Å². The average molecular weight is 495 g/mol. The number of fused-ring (bicyclic) bond motifs is 1. The quantitative estimate of drug-likeness (QED) is 0.264. The minimum Gasteiger partial charge on any atom is -0.464 e. The lowest BCUT2D eigenvalue weighted by molar-refractivity contribution is -0.142. The molecule has 0 saturated carbocycles. The number of esters is 1. The first kappa shape index (κ1) is 21.5. The fourth-order valence-corrected chi connectivity index (χ4v) is 4.34. The van der Waals surface area contributed by atoms with E-state index in [2.05, 4.69) is 21.2 Å². The molecule has 0 saturated heterocycles. The molecule has 0 spiro atoms. The first-order valence-corrected chi connectivity index (χ1v) is 10.8. The number of carbonyl (C=O) groups is 3. The van der Waals surface area contributed by atoms with Gasteiger partial charge >= 0.3 is 5.97 Å². The summed E-state index contributed by atoms with van der Waals surface area (Å²) in [5.74, 6) is -0.994. The summed E-state index contributed by atoms with van der Waals surface area (Å²) in [6, 6.07) is 14.5. The molecule has 0 bridgehead atoms. The number of nitrogens with one attached hydrogen (secondary N) is 1. The van der Waals surface area contributed by atoms with Crippen molar-refractivity contribution in [3.8, 4) is 0 Å². The smallest absolute Gasteiger partial charge is 0.325 e. The molecule has 1 aromatic heterocycles. The predicted octanol–water partition coefficient (Wildman–Crippen LogP) is 5.25. The number of rotatable bonds is 8. The molecule has 3 rings (SSSR count). The molecule has 150 valence electrons. The largest absolute Gasteiger partial charge is 0.464 e. The average Bonchev–Trinajstić information content (AvgIpc) is 3.06. The van der Waals surface area contributed by atoms with Crippen LogP contribution in [0.25, 0.3) is 10.1 Å². The number of ether oxygens (including phenoxy) is 1. The summed E-state index contributed by atoms with van der Waals surface area (Å²) in [6.45, 7) is -0.148. The van der Waals surface area contributed by atoms with Crippen molar-refractivity contribution >= 4 is 66.6 Å². The first-order valence-electron chi connectivity index (χ1n) is 8.85. The molecule has 1 heterocycles.